The number of nitrogens with zero attached hydrogens (tertiary/aromatic N) is 5. The normalized spacial score (nSPS) is 14.7. The quantitative estimate of drug-likeness (QED) is 0.602. The van der Waals surface area contributed by atoms with Gasteiger partial charge in [0, 0.05) is 48.9 Å². The minimum atomic E-state index is -4.42. The Hall–Kier alpha value is -3.01. The maximum absolute atomic E-state index is 13.0. The van der Waals surface area contributed by atoms with E-state index in [1.54, 1.807) is 16.3 Å². The third-order valence-corrected chi connectivity index (χ3v) is 5.89. The SMILES string of the molecule is Cc1cc(N2CCN(C(=O)c3csc(-c4cccc(C(F)(F)F)c4)n3)CC2)nc(C)n1. The Morgan fingerprint density at radius 3 is 2.45 bits per heavy atom. The van der Waals surface area contributed by atoms with Crippen LogP contribution in [0.1, 0.15) is 27.6 Å². The first-order valence-corrected chi connectivity index (χ1v) is 10.6. The van der Waals surface area contributed by atoms with Crippen molar-refractivity contribution in [3.8, 4) is 10.6 Å². The van der Waals surface area contributed by atoms with E-state index < -0.39 is 11.7 Å². The fraction of sp³-hybridized carbons (Fsp3) is 0.333. The van der Waals surface area contributed by atoms with Gasteiger partial charge in [-0.25, -0.2) is 15.0 Å². The molecule has 1 saturated heterocycles. The van der Waals surface area contributed by atoms with E-state index >= 15 is 0 Å². The van der Waals surface area contributed by atoms with Gasteiger partial charge in [0.05, 0.1) is 5.56 Å². The molecule has 1 fully saturated rings. The fourth-order valence-electron chi connectivity index (χ4n) is 3.49. The Bertz CT molecular complexity index is 1090. The van der Waals surface area contributed by atoms with Crippen molar-refractivity contribution in [2.24, 2.45) is 0 Å². The zero-order valence-electron chi connectivity index (χ0n) is 17.0. The van der Waals surface area contributed by atoms with Crippen molar-refractivity contribution in [3.63, 3.8) is 0 Å². The lowest BCUT2D eigenvalue weighted by Crippen LogP contribution is -2.49. The number of rotatable bonds is 3. The number of anilines is 1. The third kappa shape index (κ3) is 4.68. The monoisotopic (exact) mass is 447 g/mol. The smallest absolute Gasteiger partial charge is 0.353 e. The highest BCUT2D eigenvalue weighted by Crippen LogP contribution is 2.33. The molecular formula is C21H20F3N5OS. The molecule has 0 unspecified atom stereocenters. The van der Waals surface area contributed by atoms with E-state index in [2.05, 4.69) is 19.9 Å². The lowest BCUT2D eigenvalue weighted by atomic mass is 10.1. The molecule has 0 bridgehead atoms. The summed E-state index contributed by atoms with van der Waals surface area (Å²) in [4.78, 5) is 29.7. The molecule has 1 amide bonds. The van der Waals surface area contributed by atoms with Crippen molar-refractivity contribution in [1.82, 2.24) is 19.9 Å². The first kappa shape index (κ1) is 21.2. The lowest BCUT2D eigenvalue weighted by molar-refractivity contribution is -0.137. The first-order valence-electron chi connectivity index (χ1n) is 9.70. The number of benzene rings is 1. The summed E-state index contributed by atoms with van der Waals surface area (Å²) in [5, 5.41) is 1.99. The third-order valence-electron chi connectivity index (χ3n) is 5.00. The van der Waals surface area contributed by atoms with E-state index in [4.69, 9.17) is 0 Å². The van der Waals surface area contributed by atoms with Crippen molar-refractivity contribution < 1.29 is 18.0 Å². The number of aromatic nitrogens is 3. The fourth-order valence-corrected chi connectivity index (χ4v) is 4.28. The predicted molar refractivity (Wildman–Crippen MR) is 112 cm³/mol. The summed E-state index contributed by atoms with van der Waals surface area (Å²) in [6, 6.07) is 6.90. The minimum Gasteiger partial charge on any atom is -0.353 e. The predicted octanol–water partition coefficient (Wildman–Crippen LogP) is 4.20. The van der Waals surface area contributed by atoms with Gasteiger partial charge in [0.1, 0.15) is 22.3 Å². The minimum absolute atomic E-state index is 0.218. The number of carbonyl (C=O) groups is 1. The summed E-state index contributed by atoms with van der Waals surface area (Å²) in [5.41, 5.74) is 0.753. The van der Waals surface area contributed by atoms with Gasteiger partial charge in [0.2, 0.25) is 0 Å². The Labute approximate surface area is 181 Å². The molecule has 2 aromatic heterocycles. The Morgan fingerprint density at radius 2 is 1.77 bits per heavy atom. The van der Waals surface area contributed by atoms with Gasteiger partial charge in [0.25, 0.3) is 5.91 Å². The molecule has 0 atom stereocenters. The number of alkyl halides is 3. The molecule has 3 aromatic rings. The summed E-state index contributed by atoms with van der Waals surface area (Å²) >= 11 is 1.16. The van der Waals surface area contributed by atoms with Crippen molar-refractivity contribution in [1.29, 1.82) is 0 Å². The average molecular weight is 447 g/mol. The zero-order chi connectivity index (χ0) is 22.2. The van der Waals surface area contributed by atoms with Crippen LogP contribution in [-0.4, -0.2) is 51.9 Å². The molecule has 1 aliphatic heterocycles. The molecule has 0 aliphatic carbocycles. The number of amides is 1. The van der Waals surface area contributed by atoms with Gasteiger partial charge in [0.15, 0.2) is 0 Å². The second-order valence-electron chi connectivity index (χ2n) is 7.31. The number of hydrogen-bond donors (Lipinski definition) is 0. The number of piperazine rings is 1. The summed E-state index contributed by atoms with van der Waals surface area (Å²) < 4.78 is 38.9. The number of hydrogen-bond acceptors (Lipinski definition) is 6. The van der Waals surface area contributed by atoms with E-state index in [9.17, 15) is 18.0 Å². The maximum Gasteiger partial charge on any atom is 0.416 e. The van der Waals surface area contributed by atoms with Crippen LogP contribution in [0.4, 0.5) is 19.0 Å². The van der Waals surface area contributed by atoms with Gasteiger partial charge < -0.3 is 9.80 Å². The Kier molecular flexibility index (Phi) is 5.65. The van der Waals surface area contributed by atoms with Crippen LogP contribution in [0.15, 0.2) is 35.7 Å². The van der Waals surface area contributed by atoms with Crippen LogP contribution >= 0.6 is 11.3 Å². The molecule has 0 spiro atoms. The molecule has 4 rings (SSSR count). The Morgan fingerprint density at radius 1 is 1.03 bits per heavy atom. The molecule has 0 N–H and O–H groups in total. The lowest BCUT2D eigenvalue weighted by Gasteiger charge is -2.35. The molecule has 1 aromatic carbocycles. The van der Waals surface area contributed by atoms with E-state index in [0.29, 0.717) is 42.6 Å². The van der Waals surface area contributed by atoms with Gasteiger partial charge in [-0.05, 0) is 26.0 Å². The van der Waals surface area contributed by atoms with E-state index in [0.717, 1.165) is 35.0 Å². The van der Waals surface area contributed by atoms with Gasteiger partial charge in [-0.3, -0.25) is 4.79 Å². The van der Waals surface area contributed by atoms with Gasteiger partial charge in [-0.1, -0.05) is 12.1 Å². The highest BCUT2D eigenvalue weighted by Gasteiger charge is 2.31. The van der Waals surface area contributed by atoms with Crippen molar-refractivity contribution >= 4 is 23.1 Å². The van der Waals surface area contributed by atoms with Gasteiger partial charge in [-0.15, -0.1) is 11.3 Å². The summed E-state index contributed by atoms with van der Waals surface area (Å²) in [7, 11) is 0. The summed E-state index contributed by atoms with van der Waals surface area (Å²) in [6.45, 7) is 6.05. The average Bonchev–Trinajstić information content (AvgIpc) is 3.22. The van der Waals surface area contributed by atoms with Crippen LogP contribution in [0.5, 0.6) is 0 Å². The first-order chi connectivity index (χ1) is 14.7. The number of carbonyl (C=O) groups excluding carboxylic acids is 1. The van der Waals surface area contributed by atoms with E-state index in [1.807, 2.05) is 19.9 Å². The molecule has 31 heavy (non-hydrogen) atoms. The second kappa shape index (κ2) is 8.26. The summed E-state index contributed by atoms with van der Waals surface area (Å²) in [6.07, 6.45) is -4.42. The molecule has 1 aliphatic rings. The van der Waals surface area contributed by atoms with Crippen LogP contribution in [0.2, 0.25) is 0 Å². The van der Waals surface area contributed by atoms with Crippen LogP contribution in [0.3, 0.4) is 0 Å². The molecule has 0 radical (unpaired) electrons. The van der Waals surface area contributed by atoms with Crippen molar-refractivity contribution in [3.05, 3.63) is 58.5 Å². The molecule has 162 valence electrons. The highest BCUT2D eigenvalue weighted by molar-refractivity contribution is 7.13. The number of halogens is 3. The standard InChI is InChI=1S/C21H20F3N5OS/c1-13-10-18(26-14(2)25-13)28-6-8-29(9-7-28)20(30)17-12-31-19(27-17)15-4-3-5-16(11-15)21(22,23)24/h3-5,10-12H,6-9H2,1-2H3. The molecule has 6 nitrogen and oxygen atoms in total. The van der Waals surface area contributed by atoms with E-state index in [1.165, 1.54) is 6.07 Å². The number of aryl methyl sites for hydroxylation is 2. The van der Waals surface area contributed by atoms with E-state index in [-0.39, 0.29) is 11.6 Å². The maximum atomic E-state index is 13.0. The van der Waals surface area contributed by atoms with Crippen LogP contribution in [0, 0.1) is 13.8 Å². The van der Waals surface area contributed by atoms with Crippen LogP contribution in [-0.2, 0) is 6.18 Å². The molecule has 3 heterocycles. The topological polar surface area (TPSA) is 62.2 Å². The van der Waals surface area contributed by atoms with Gasteiger partial charge >= 0.3 is 6.18 Å². The highest BCUT2D eigenvalue weighted by atomic mass is 32.1. The largest absolute Gasteiger partial charge is 0.416 e. The van der Waals surface area contributed by atoms with Crippen LogP contribution < -0.4 is 4.90 Å². The molecular weight excluding hydrogens is 427 g/mol. The number of thiazole rings is 1. The van der Waals surface area contributed by atoms with Crippen molar-refractivity contribution in [2.75, 3.05) is 31.1 Å². The Balaban J connectivity index is 1.44. The van der Waals surface area contributed by atoms with Crippen LogP contribution in [0.25, 0.3) is 10.6 Å². The molecule has 0 saturated carbocycles. The van der Waals surface area contributed by atoms with Gasteiger partial charge in [-0.2, -0.15) is 13.2 Å². The van der Waals surface area contributed by atoms with Crippen molar-refractivity contribution in [2.45, 2.75) is 20.0 Å². The molecule has 10 heteroatoms. The second-order valence-corrected chi connectivity index (χ2v) is 8.17. The summed E-state index contributed by atoms with van der Waals surface area (Å²) in [5.74, 6) is 1.33. The zero-order valence-corrected chi connectivity index (χ0v) is 17.8.